The van der Waals surface area contributed by atoms with Crippen LogP contribution in [0.2, 0.25) is 0 Å². The van der Waals surface area contributed by atoms with Crippen LogP contribution in [0.25, 0.3) is 0 Å². The topological polar surface area (TPSA) is 29.1 Å². The van der Waals surface area contributed by atoms with Crippen molar-refractivity contribution >= 4 is 5.78 Å². The molecule has 0 aromatic heterocycles. The largest absolute Gasteiger partial charge is 0.314 e. The molecule has 1 aliphatic heterocycles. The fourth-order valence-corrected chi connectivity index (χ4v) is 2.75. The lowest BCUT2D eigenvalue weighted by Gasteiger charge is -2.19. The van der Waals surface area contributed by atoms with Crippen LogP contribution in [0.5, 0.6) is 0 Å². The first-order chi connectivity index (χ1) is 8.88. The Morgan fingerprint density at radius 2 is 1.89 bits per heavy atom. The van der Waals surface area contributed by atoms with Crippen molar-refractivity contribution in [3.8, 4) is 0 Å². The highest BCUT2D eigenvalue weighted by molar-refractivity contribution is 5.84. The summed E-state index contributed by atoms with van der Waals surface area (Å²) >= 11 is 0. The van der Waals surface area contributed by atoms with Gasteiger partial charge in [-0.15, -0.1) is 0 Å². The molecule has 2 nitrogen and oxygen atoms in total. The van der Waals surface area contributed by atoms with E-state index in [1.807, 2.05) is 0 Å². The zero-order chi connectivity index (χ0) is 14.0. The summed E-state index contributed by atoms with van der Waals surface area (Å²) < 4.78 is 0. The van der Waals surface area contributed by atoms with Crippen molar-refractivity contribution in [2.45, 2.75) is 52.0 Å². The van der Waals surface area contributed by atoms with Crippen LogP contribution in [0, 0.1) is 5.92 Å². The minimum absolute atomic E-state index is 0.173. The van der Waals surface area contributed by atoms with E-state index in [2.05, 4.69) is 57.3 Å². The van der Waals surface area contributed by atoms with Crippen LogP contribution in [-0.2, 0) is 16.6 Å². The number of hydrogen-bond acceptors (Lipinski definition) is 2. The maximum atomic E-state index is 12.3. The molecule has 19 heavy (non-hydrogen) atoms. The number of benzene rings is 1. The number of carbonyl (C=O) groups is 1. The summed E-state index contributed by atoms with van der Waals surface area (Å²) in [7, 11) is 0. The average molecular weight is 259 g/mol. The third-order valence-corrected chi connectivity index (χ3v) is 4.14. The van der Waals surface area contributed by atoms with Crippen molar-refractivity contribution in [1.29, 1.82) is 0 Å². The molecule has 0 spiro atoms. The molecular formula is C17H25NO. The Morgan fingerprint density at radius 3 is 2.37 bits per heavy atom. The van der Waals surface area contributed by atoms with Crippen molar-refractivity contribution in [2.75, 3.05) is 6.54 Å². The van der Waals surface area contributed by atoms with E-state index in [-0.39, 0.29) is 11.3 Å². The molecule has 1 N–H and O–H groups in total. The fraction of sp³-hybridized carbons (Fsp3) is 0.588. The van der Waals surface area contributed by atoms with Gasteiger partial charge in [-0.25, -0.2) is 0 Å². The monoisotopic (exact) mass is 259 g/mol. The molecule has 0 amide bonds. The molecule has 0 aliphatic carbocycles. The molecular weight excluding hydrogens is 234 g/mol. The van der Waals surface area contributed by atoms with Crippen LogP contribution in [0.15, 0.2) is 24.3 Å². The Bertz CT molecular complexity index is 441. The molecule has 2 atom stereocenters. The minimum Gasteiger partial charge on any atom is -0.314 e. The Labute approximate surface area is 116 Å². The lowest BCUT2D eigenvalue weighted by Crippen LogP contribution is -2.29. The van der Waals surface area contributed by atoms with Crippen molar-refractivity contribution < 1.29 is 4.79 Å². The van der Waals surface area contributed by atoms with E-state index in [1.165, 1.54) is 5.56 Å². The van der Waals surface area contributed by atoms with Gasteiger partial charge >= 0.3 is 0 Å². The molecule has 0 bridgehead atoms. The molecule has 2 rings (SSSR count). The van der Waals surface area contributed by atoms with Gasteiger partial charge in [0.25, 0.3) is 0 Å². The highest BCUT2D eigenvalue weighted by atomic mass is 16.1. The smallest absolute Gasteiger partial charge is 0.141 e. The van der Waals surface area contributed by atoms with Gasteiger partial charge in [0.1, 0.15) is 5.78 Å². The van der Waals surface area contributed by atoms with Crippen molar-refractivity contribution in [3.63, 3.8) is 0 Å². The van der Waals surface area contributed by atoms with Crippen LogP contribution in [0.3, 0.4) is 0 Å². The van der Waals surface area contributed by atoms with Gasteiger partial charge in [0, 0.05) is 18.4 Å². The van der Waals surface area contributed by atoms with E-state index in [1.54, 1.807) is 0 Å². The predicted octanol–water partition coefficient (Wildman–Crippen LogP) is 3.09. The van der Waals surface area contributed by atoms with Gasteiger partial charge in [0.2, 0.25) is 0 Å². The first-order valence-corrected chi connectivity index (χ1v) is 7.23. The summed E-state index contributed by atoms with van der Waals surface area (Å²) in [6, 6.07) is 8.84. The first-order valence-electron chi connectivity index (χ1n) is 7.23. The summed E-state index contributed by atoms with van der Waals surface area (Å²) in [5.41, 5.74) is 2.63. The Hall–Kier alpha value is -1.15. The third kappa shape index (κ3) is 3.44. The molecule has 2 unspecified atom stereocenters. The quantitative estimate of drug-likeness (QED) is 0.903. The molecule has 1 saturated heterocycles. The van der Waals surface area contributed by atoms with E-state index >= 15 is 0 Å². The first kappa shape index (κ1) is 14.3. The Morgan fingerprint density at radius 1 is 1.26 bits per heavy atom. The number of carbonyl (C=O) groups excluding carboxylic acids is 1. The van der Waals surface area contributed by atoms with Crippen LogP contribution in [-0.4, -0.2) is 18.4 Å². The lowest BCUT2D eigenvalue weighted by molar-refractivity contribution is -0.122. The fourth-order valence-electron chi connectivity index (χ4n) is 2.75. The molecule has 0 radical (unpaired) electrons. The van der Waals surface area contributed by atoms with Gasteiger partial charge < -0.3 is 5.32 Å². The third-order valence-electron chi connectivity index (χ3n) is 4.14. The molecule has 1 aromatic rings. The van der Waals surface area contributed by atoms with Crippen molar-refractivity contribution in [2.24, 2.45) is 5.92 Å². The summed E-state index contributed by atoms with van der Waals surface area (Å²) in [5, 5.41) is 3.34. The zero-order valence-electron chi connectivity index (χ0n) is 12.5. The maximum Gasteiger partial charge on any atom is 0.141 e. The summed E-state index contributed by atoms with van der Waals surface area (Å²) in [6.45, 7) is 9.70. The number of ketones is 1. The summed E-state index contributed by atoms with van der Waals surface area (Å²) in [5.74, 6) is 0.573. The van der Waals surface area contributed by atoms with Gasteiger partial charge in [-0.3, -0.25) is 4.79 Å². The zero-order valence-corrected chi connectivity index (χ0v) is 12.5. The van der Waals surface area contributed by atoms with E-state index in [0.717, 1.165) is 18.5 Å². The summed E-state index contributed by atoms with van der Waals surface area (Å²) in [4.78, 5) is 12.3. The standard InChI is InChI=1S/C17H25NO/c1-12-15(9-10-18-12)16(19)11-13-5-7-14(8-6-13)17(2,3)4/h5-8,12,15,18H,9-11H2,1-4H3. The number of hydrogen-bond donors (Lipinski definition) is 1. The van der Waals surface area contributed by atoms with E-state index in [0.29, 0.717) is 18.2 Å². The molecule has 2 heteroatoms. The number of Topliss-reactive ketones (excluding diaryl/α,β-unsaturated/α-hetero) is 1. The molecule has 1 heterocycles. The second-order valence-electron chi connectivity index (χ2n) is 6.73. The van der Waals surface area contributed by atoms with Crippen molar-refractivity contribution in [3.05, 3.63) is 35.4 Å². The number of nitrogens with one attached hydrogen (secondary N) is 1. The normalized spacial score (nSPS) is 23.6. The van der Waals surface area contributed by atoms with E-state index in [4.69, 9.17) is 0 Å². The molecule has 104 valence electrons. The van der Waals surface area contributed by atoms with E-state index < -0.39 is 0 Å². The second-order valence-corrected chi connectivity index (χ2v) is 6.73. The molecule has 0 saturated carbocycles. The predicted molar refractivity (Wildman–Crippen MR) is 79.4 cm³/mol. The Balaban J connectivity index is 2.02. The minimum atomic E-state index is 0.173. The van der Waals surface area contributed by atoms with Crippen LogP contribution >= 0.6 is 0 Å². The maximum absolute atomic E-state index is 12.3. The van der Waals surface area contributed by atoms with Gasteiger partial charge in [0.05, 0.1) is 0 Å². The van der Waals surface area contributed by atoms with Crippen LogP contribution < -0.4 is 5.32 Å². The van der Waals surface area contributed by atoms with E-state index in [9.17, 15) is 4.79 Å². The molecule has 1 fully saturated rings. The highest BCUT2D eigenvalue weighted by Crippen LogP contribution is 2.23. The molecule has 1 aromatic carbocycles. The van der Waals surface area contributed by atoms with Crippen LogP contribution in [0.1, 0.15) is 45.2 Å². The van der Waals surface area contributed by atoms with Gasteiger partial charge in [-0.2, -0.15) is 0 Å². The SMILES string of the molecule is CC1NCCC1C(=O)Cc1ccc(C(C)(C)C)cc1. The van der Waals surface area contributed by atoms with Gasteiger partial charge in [-0.05, 0) is 36.4 Å². The lowest BCUT2D eigenvalue weighted by atomic mass is 9.86. The summed E-state index contributed by atoms with van der Waals surface area (Å²) in [6.07, 6.45) is 1.56. The van der Waals surface area contributed by atoms with Gasteiger partial charge in [-0.1, -0.05) is 45.0 Å². The molecule has 1 aliphatic rings. The van der Waals surface area contributed by atoms with Gasteiger partial charge in [0.15, 0.2) is 0 Å². The van der Waals surface area contributed by atoms with Crippen LogP contribution in [0.4, 0.5) is 0 Å². The van der Waals surface area contributed by atoms with Crippen molar-refractivity contribution in [1.82, 2.24) is 5.32 Å². The Kier molecular flexibility index (Phi) is 4.10. The number of rotatable bonds is 3. The second kappa shape index (κ2) is 5.46. The average Bonchev–Trinajstić information content (AvgIpc) is 2.75. The highest BCUT2D eigenvalue weighted by Gasteiger charge is 2.28.